The van der Waals surface area contributed by atoms with Crippen LogP contribution in [-0.4, -0.2) is 4.98 Å². The van der Waals surface area contributed by atoms with E-state index in [0.29, 0.717) is 5.89 Å². The van der Waals surface area contributed by atoms with Crippen molar-refractivity contribution in [2.75, 3.05) is 0 Å². The lowest BCUT2D eigenvalue weighted by Gasteiger charge is -2.01. The number of oxazole rings is 1. The molecule has 0 saturated heterocycles. The second-order valence-corrected chi connectivity index (χ2v) is 3.62. The largest absolute Gasteiger partial charge is 0.445 e. The molecule has 0 bridgehead atoms. The Morgan fingerprint density at radius 2 is 2.21 bits per heavy atom. The van der Waals surface area contributed by atoms with E-state index in [4.69, 9.17) is 4.42 Å². The van der Waals surface area contributed by atoms with Crippen molar-refractivity contribution < 1.29 is 13.2 Å². The van der Waals surface area contributed by atoms with Gasteiger partial charge in [-0.3, -0.25) is 0 Å². The first-order valence-electron chi connectivity index (χ1n) is 4.48. The van der Waals surface area contributed by atoms with Gasteiger partial charge >= 0.3 is 0 Å². The van der Waals surface area contributed by atoms with Crippen LogP contribution in [-0.2, 0) is 5.41 Å². The molecule has 2 nitrogen and oxygen atoms in total. The molecule has 14 heavy (non-hydrogen) atoms. The van der Waals surface area contributed by atoms with Gasteiger partial charge in [0.25, 0.3) is 6.43 Å². The predicted octanol–water partition coefficient (Wildman–Crippen LogP) is 3.14. The molecule has 0 aliphatic heterocycles. The number of alkyl halides is 2. The Kier molecular flexibility index (Phi) is 1.94. The van der Waals surface area contributed by atoms with Gasteiger partial charge in [0, 0.05) is 0 Å². The van der Waals surface area contributed by atoms with E-state index >= 15 is 0 Å². The number of halogens is 2. The van der Waals surface area contributed by atoms with Crippen molar-refractivity contribution in [1.82, 2.24) is 4.98 Å². The van der Waals surface area contributed by atoms with Crippen LogP contribution in [0.2, 0.25) is 0 Å². The maximum Gasteiger partial charge on any atom is 0.283 e. The van der Waals surface area contributed by atoms with Gasteiger partial charge in [0.1, 0.15) is 11.5 Å². The van der Waals surface area contributed by atoms with Crippen LogP contribution < -0.4 is 0 Å². The van der Waals surface area contributed by atoms with Crippen LogP contribution in [0.5, 0.6) is 0 Å². The number of hydrogen-bond acceptors (Lipinski definition) is 2. The topological polar surface area (TPSA) is 26.0 Å². The van der Waals surface area contributed by atoms with Crippen molar-refractivity contribution in [1.29, 1.82) is 0 Å². The van der Waals surface area contributed by atoms with Crippen molar-refractivity contribution in [2.24, 2.45) is 0 Å². The minimum absolute atomic E-state index is 0.211. The zero-order valence-electron chi connectivity index (χ0n) is 7.89. The zero-order chi connectivity index (χ0) is 10.3. The molecular formula is C10H11F2NO. The molecule has 0 amide bonds. The summed E-state index contributed by atoms with van der Waals surface area (Å²) < 4.78 is 30.0. The first-order valence-corrected chi connectivity index (χ1v) is 4.48. The Morgan fingerprint density at radius 3 is 2.57 bits per heavy atom. The Hall–Kier alpha value is -1.19. The van der Waals surface area contributed by atoms with Crippen LogP contribution >= 0.6 is 0 Å². The summed E-state index contributed by atoms with van der Waals surface area (Å²) in [5.41, 5.74) is -0.508. The van der Waals surface area contributed by atoms with Crippen molar-refractivity contribution in [3.63, 3.8) is 0 Å². The van der Waals surface area contributed by atoms with Gasteiger partial charge < -0.3 is 4.42 Å². The number of rotatable bonds is 3. The van der Waals surface area contributed by atoms with Crippen LogP contribution in [0.25, 0.3) is 0 Å². The summed E-state index contributed by atoms with van der Waals surface area (Å²) in [4.78, 5) is 3.83. The third-order valence-electron chi connectivity index (χ3n) is 2.64. The molecule has 0 unspecified atom stereocenters. The lowest BCUT2D eigenvalue weighted by atomic mass is 10.1. The summed E-state index contributed by atoms with van der Waals surface area (Å²) in [6, 6.07) is 0. The van der Waals surface area contributed by atoms with E-state index in [0.717, 1.165) is 12.8 Å². The number of allylic oxidation sites excluding steroid dienone is 1. The summed E-state index contributed by atoms with van der Waals surface area (Å²) >= 11 is 0. The molecular weight excluding hydrogens is 188 g/mol. The summed E-state index contributed by atoms with van der Waals surface area (Å²) in [6.45, 7) is 5.18. The maximum absolute atomic E-state index is 12.4. The van der Waals surface area contributed by atoms with Gasteiger partial charge in [-0.25, -0.2) is 13.8 Å². The van der Waals surface area contributed by atoms with Gasteiger partial charge in [-0.05, 0) is 19.8 Å². The van der Waals surface area contributed by atoms with Crippen LogP contribution in [0.15, 0.2) is 17.1 Å². The van der Waals surface area contributed by atoms with Crippen molar-refractivity contribution in [3.05, 3.63) is 30.0 Å². The van der Waals surface area contributed by atoms with E-state index in [2.05, 4.69) is 11.6 Å². The molecule has 0 N–H and O–H groups in total. The highest BCUT2D eigenvalue weighted by Gasteiger charge is 2.46. The van der Waals surface area contributed by atoms with E-state index < -0.39 is 6.43 Å². The quantitative estimate of drug-likeness (QED) is 0.699. The number of aromatic nitrogens is 1. The molecule has 1 heterocycles. The third kappa shape index (κ3) is 1.25. The third-order valence-corrected chi connectivity index (χ3v) is 2.64. The Balaban J connectivity index is 2.37. The summed E-state index contributed by atoms with van der Waals surface area (Å²) in [5, 5.41) is 0. The first-order chi connectivity index (χ1) is 6.59. The van der Waals surface area contributed by atoms with E-state index in [-0.39, 0.29) is 16.9 Å². The second-order valence-electron chi connectivity index (χ2n) is 3.62. The Labute approximate surface area is 80.6 Å². The summed E-state index contributed by atoms with van der Waals surface area (Å²) in [6.07, 6.45) is 0.944. The molecule has 1 aliphatic rings. The molecule has 2 rings (SSSR count). The monoisotopic (exact) mass is 199 g/mol. The minimum atomic E-state index is -2.56. The molecule has 0 spiro atoms. The SMILES string of the molecule is C=CC1(c2nc(C(F)F)c(C)o2)CC1. The smallest absolute Gasteiger partial charge is 0.283 e. The Bertz CT molecular complexity index is 366. The van der Waals surface area contributed by atoms with Crippen molar-refractivity contribution in [2.45, 2.75) is 31.6 Å². The Morgan fingerprint density at radius 1 is 1.57 bits per heavy atom. The average molecular weight is 199 g/mol. The fourth-order valence-corrected chi connectivity index (χ4v) is 1.46. The van der Waals surface area contributed by atoms with Crippen LogP contribution in [0.1, 0.15) is 36.6 Å². The fraction of sp³-hybridized carbons (Fsp3) is 0.500. The van der Waals surface area contributed by atoms with Gasteiger partial charge in [0.15, 0.2) is 0 Å². The number of aryl methyl sites for hydroxylation is 1. The molecule has 4 heteroatoms. The fourth-order valence-electron chi connectivity index (χ4n) is 1.46. The van der Waals surface area contributed by atoms with E-state index in [1.54, 1.807) is 6.08 Å². The highest BCUT2D eigenvalue weighted by atomic mass is 19.3. The molecule has 76 valence electrons. The zero-order valence-corrected chi connectivity index (χ0v) is 7.89. The summed E-state index contributed by atoms with van der Waals surface area (Å²) in [7, 11) is 0. The second kappa shape index (κ2) is 2.90. The molecule has 0 radical (unpaired) electrons. The van der Waals surface area contributed by atoms with Gasteiger partial charge in [-0.2, -0.15) is 0 Å². The molecule has 0 aromatic carbocycles. The molecule has 1 fully saturated rings. The molecule has 1 aromatic heterocycles. The molecule has 0 atom stereocenters. The highest BCUT2D eigenvalue weighted by Crippen LogP contribution is 2.49. The number of nitrogens with zero attached hydrogens (tertiary/aromatic N) is 1. The van der Waals surface area contributed by atoms with Crippen LogP contribution in [0, 0.1) is 6.92 Å². The van der Waals surface area contributed by atoms with Crippen molar-refractivity contribution in [3.8, 4) is 0 Å². The number of hydrogen-bond donors (Lipinski definition) is 0. The predicted molar refractivity (Wildman–Crippen MR) is 47.3 cm³/mol. The summed E-state index contributed by atoms with van der Waals surface area (Å²) in [5.74, 6) is 0.600. The van der Waals surface area contributed by atoms with Gasteiger partial charge in [-0.1, -0.05) is 6.08 Å². The molecule has 1 aliphatic carbocycles. The van der Waals surface area contributed by atoms with Crippen LogP contribution in [0.3, 0.4) is 0 Å². The average Bonchev–Trinajstić information content (AvgIpc) is 2.84. The van der Waals surface area contributed by atoms with Gasteiger partial charge in [-0.15, -0.1) is 6.58 Å². The van der Waals surface area contributed by atoms with Crippen molar-refractivity contribution >= 4 is 0 Å². The minimum Gasteiger partial charge on any atom is -0.445 e. The first kappa shape index (κ1) is 9.37. The van der Waals surface area contributed by atoms with Gasteiger partial charge in [0.05, 0.1) is 5.41 Å². The molecule has 1 aromatic rings. The molecule has 1 saturated carbocycles. The maximum atomic E-state index is 12.4. The van der Waals surface area contributed by atoms with E-state index in [1.165, 1.54) is 6.92 Å². The lowest BCUT2D eigenvalue weighted by Crippen LogP contribution is -2.02. The normalized spacial score (nSPS) is 18.6. The highest BCUT2D eigenvalue weighted by molar-refractivity contribution is 5.27. The van der Waals surface area contributed by atoms with E-state index in [9.17, 15) is 8.78 Å². The van der Waals surface area contributed by atoms with Gasteiger partial charge in [0.2, 0.25) is 5.89 Å². The van der Waals surface area contributed by atoms with E-state index in [1.807, 2.05) is 0 Å². The lowest BCUT2D eigenvalue weighted by molar-refractivity contribution is 0.144. The standard InChI is InChI=1S/C10H11F2NO/c1-3-10(4-5-10)9-13-7(8(11)12)6(2)14-9/h3,8H,1,4-5H2,2H3. The van der Waals surface area contributed by atoms with Crippen LogP contribution in [0.4, 0.5) is 8.78 Å².